The molecule has 3 N–H and O–H groups in total. The van der Waals surface area contributed by atoms with E-state index in [4.69, 9.17) is 0 Å². The molecule has 0 radical (unpaired) electrons. The Bertz CT molecular complexity index is 733. The fraction of sp³-hybridized carbons (Fsp3) is 0.706. The lowest BCUT2D eigenvalue weighted by atomic mass is 9.85. The summed E-state index contributed by atoms with van der Waals surface area (Å²) in [6.07, 6.45) is 6.84. The number of likely N-dealkylation sites (tertiary alicyclic amines) is 1. The molecule has 2 amide bonds. The van der Waals surface area contributed by atoms with Gasteiger partial charge in [0.15, 0.2) is 5.96 Å². The zero-order valence-corrected chi connectivity index (χ0v) is 16.5. The van der Waals surface area contributed by atoms with Crippen LogP contribution in [0.1, 0.15) is 12.8 Å². The van der Waals surface area contributed by atoms with Gasteiger partial charge in [-0.05, 0) is 24.7 Å². The molecule has 27 heavy (non-hydrogen) atoms. The largest absolute Gasteiger partial charge is 0.356 e. The van der Waals surface area contributed by atoms with Crippen LogP contribution in [0.4, 0.5) is 0 Å². The fourth-order valence-corrected chi connectivity index (χ4v) is 4.76. The van der Waals surface area contributed by atoms with Crippen LogP contribution in [0.3, 0.4) is 0 Å². The van der Waals surface area contributed by atoms with E-state index in [0.29, 0.717) is 38.6 Å². The first-order valence-electron chi connectivity index (χ1n) is 9.24. The molecular weight excluding hydrogens is 370 g/mol. The van der Waals surface area contributed by atoms with E-state index in [1.807, 2.05) is 0 Å². The number of aliphatic imine (C=N–C) groups is 1. The third-order valence-corrected chi connectivity index (χ3v) is 6.15. The van der Waals surface area contributed by atoms with Crippen LogP contribution in [0.15, 0.2) is 17.1 Å². The van der Waals surface area contributed by atoms with Crippen molar-refractivity contribution in [2.45, 2.75) is 12.8 Å². The highest BCUT2D eigenvalue weighted by atomic mass is 32.2. The van der Waals surface area contributed by atoms with E-state index in [0.717, 1.165) is 12.7 Å². The van der Waals surface area contributed by atoms with Crippen LogP contribution in [0.5, 0.6) is 0 Å². The summed E-state index contributed by atoms with van der Waals surface area (Å²) in [5.41, 5.74) is 0. The molecule has 4 unspecified atom stereocenters. The van der Waals surface area contributed by atoms with Crippen molar-refractivity contribution in [2.75, 3.05) is 39.5 Å². The quantitative estimate of drug-likeness (QED) is 0.157. The lowest BCUT2D eigenvalue weighted by Crippen LogP contribution is -2.44. The fourth-order valence-electron chi connectivity index (χ4n) is 4.24. The van der Waals surface area contributed by atoms with Crippen LogP contribution in [0.2, 0.25) is 0 Å². The Morgan fingerprint density at radius 2 is 1.70 bits per heavy atom. The molecule has 3 aliphatic rings. The summed E-state index contributed by atoms with van der Waals surface area (Å²) < 4.78 is 24.4. The SMILES string of the molecule is CN=C(NCCCNS(C)(=O)=O)NCCN1C(=O)C2C3C=CC(C3)C2C1=O. The number of hydrogen-bond acceptors (Lipinski definition) is 5. The molecule has 1 heterocycles. The summed E-state index contributed by atoms with van der Waals surface area (Å²) in [5, 5.41) is 6.16. The van der Waals surface area contributed by atoms with Crippen LogP contribution < -0.4 is 15.4 Å². The van der Waals surface area contributed by atoms with Gasteiger partial charge in [-0.3, -0.25) is 19.5 Å². The maximum atomic E-state index is 12.6. The molecule has 1 aliphatic heterocycles. The predicted octanol–water partition coefficient (Wildman–Crippen LogP) is -1.10. The predicted molar refractivity (Wildman–Crippen MR) is 101 cm³/mol. The van der Waals surface area contributed by atoms with Crippen molar-refractivity contribution in [1.82, 2.24) is 20.3 Å². The van der Waals surface area contributed by atoms with Gasteiger partial charge in [0.1, 0.15) is 0 Å². The number of rotatable bonds is 8. The normalized spacial score (nSPS) is 29.6. The van der Waals surface area contributed by atoms with Crippen molar-refractivity contribution in [3.63, 3.8) is 0 Å². The van der Waals surface area contributed by atoms with E-state index in [1.165, 1.54) is 4.90 Å². The molecule has 9 nitrogen and oxygen atoms in total. The summed E-state index contributed by atoms with van der Waals surface area (Å²) in [6, 6.07) is 0. The van der Waals surface area contributed by atoms with Crippen molar-refractivity contribution in [1.29, 1.82) is 0 Å². The Hall–Kier alpha value is -1.94. The number of guanidine groups is 1. The topological polar surface area (TPSA) is 120 Å². The smallest absolute Gasteiger partial charge is 0.233 e. The molecule has 2 fully saturated rings. The van der Waals surface area contributed by atoms with E-state index < -0.39 is 10.0 Å². The van der Waals surface area contributed by atoms with E-state index in [-0.39, 0.29) is 35.5 Å². The summed E-state index contributed by atoms with van der Waals surface area (Å²) in [7, 11) is -1.54. The third-order valence-electron chi connectivity index (χ3n) is 5.42. The number of fused-ring (bicyclic) bond motifs is 5. The molecule has 0 aromatic heterocycles. The van der Waals surface area contributed by atoms with Gasteiger partial charge in [-0.25, -0.2) is 13.1 Å². The molecule has 150 valence electrons. The first-order chi connectivity index (χ1) is 12.8. The third kappa shape index (κ3) is 4.32. The van der Waals surface area contributed by atoms with E-state index in [2.05, 4.69) is 32.5 Å². The standard InChI is InChI=1S/C17H27N5O4S/c1-18-17(19-6-3-7-21-27(2,25)26)20-8-9-22-15(23)13-11-4-5-12(10-11)14(13)16(22)24/h4-5,11-14,21H,3,6-10H2,1-2H3,(H2,18,19,20). The average molecular weight is 398 g/mol. The number of sulfonamides is 1. The zero-order chi connectivity index (χ0) is 19.6. The van der Waals surface area contributed by atoms with E-state index in [1.54, 1.807) is 7.05 Å². The number of nitrogens with one attached hydrogen (secondary N) is 3. The van der Waals surface area contributed by atoms with Crippen LogP contribution in [0.25, 0.3) is 0 Å². The summed E-state index contributed by atoms with van der Waals surface area (Å²) in [6.45, 7) is 1.63. The molecule has 3 rings (SSSR count). The Labute approximate surface area is 159 Å². The van der Waals surface area contributed by atoms with Crippen LogP contribution in [-0.4, -0.2) is 70.6 Å². The van der Waals surface area contributed by atoms with Crippen molar-refractivity contribution in [3.05, 3.63) is 12.2 Å². The van der Waals surface area contributed by atoms with Crippen molar-refractivity contribution in [2.24, 2.45) is 28.7 Å². The van der Waals surface area contributed by atoms with Crippen LogP contribution in [0, 0.1) is 23.7 Å². The Balaban J connectivity index is 1.39. The summed E-state index contributed by atoms with van der Waals surface area (Å²) in [5.74, 6) is 0.598. The molecule has 2 aliphatic carbocycles. The van der Waals surface area contributed by atoms with Gasteiger partial charge in [-0.1, -0.05) is 12.2 Å². The van der Waals surface area contributed by atoms with Crippen LogP contribution in [-0.2, 0) is 19.6 Å². The van der Waals surface area contributed by atoms with Gasteiger partial charge in [0.05, 0.1) is 18.1 Å². The highest BCUT2D eigenvalue weighted by Crippen LogP contribution is 2.52. The maximum Gasteiger partial charge on any atom is 0.233 e. The van der Waals surface area contributed by atoms with E-state index in [9.17, 15) is 18.0 Å². The molecule has 4 atom stereocenters. The Kier molecular flexibility index (Phi) is 5.85. The Morgan fingerprint density at radius 1 is 1.11 bits per heavy atom. The number of imide groups is 1. The number of carbonyl (C=O) groups excluding carboxylic acids is 2. The minimum absolute atomic E-state index is 0.0431. The molecule has 1 saturated heterocycles. The van der Waals surface area contributed by atoms with Gasteiger partial charge in [0, 0.05) is 33.2 Å². The molecule has 0 aromatic carbocycles. The maximum absolute atomic E-state index is 12.6. The average Bonchev–Trinajstić information content (AvgIpc) is 3.28. The number of hydrogen-bond donors (Lipinski definition) is 3. The minimum Gasteiger partial charge on any atom is -0.356 e. The second-order valence-electron chi connectivity index (χ2n) is 7.27. The van der Waals surface area contributed by atoms with Crippen LogP contribution >= 0.6 is 0 Å². The first-order valence-corrected chi connectivity index (χ1v) is 11.1. The van der Waals surface area contributed by atoms with Crippen molar-refractivity contribution < 1.29 is 18.0 Å². The Morgan fingerprint density at radius 3 is 2.26 bits per heavy atom. The van der Waals surface area contributed by atoms with Gasteiger partial charge in [-0.2, -0.15) is 0 Å². The van der Waals surface area contributed by atoms with Gasteiger partial charge in [0.2, 0.25) is 21.8 Å². The number of allylic oxidation sites excluding steroid dienone is 2. The highest BCUT2D eigenvalue weighted by molar-refractivity contribution is 7.88. The monoisotopic (exact) mass is 397 g/mol. The highest BCUT2D eigenvalue weighted by Gasteiger charge is 2.58. The summed E-state index contributed by atoms with van der Waals surface area (Å²) >= 11 is 0. The molecule has 1 saturated carbocycles. The number of nitrogens with zero attached hydrogens (tertiary/aromatic N) is 2. The number of amides is 2. The van der Waals surface area contributed by atoms with Gasteiger partial charge in [-0.15, -0.1) is 0 Å². The van der Waals surface area contributed by atoms with Crippen molar-refractivity contribution in [3.8, 4) is 0 Å². The zero-order valence-electron chi connectivity index (χ0n) is 15.6. The second kappa shape index (κ2) is 7.97. The molecule has 0 spiro atoms. The molecule has 0 aromatic rings. The summed E-state index contributed by atoms with van der Waals surface area (Å²) in [4.78, 5) is 30.7. The molecule has 2 bridgehead atoms. The lowest BCUT2D eigenvalue weighted by molar-refractivity contribution is -0.140. The molecule has 10 heteroatoms. The van der Waals surface area contributed by atoms with Crippen molar-refractivity contribution >= 4 is 27.8 Å². The molecular formula is C17H27N5O4S. The number of carbonyl (C=O) groups is 2. The lowest BCUT2D eigenvalue weighted by Gasteiger charge is -2.18. The van der Waals surface area contributed by atoms with E-state index >= 15 is 0 Å². The van der Waals surface area contributed by atoms with Gasteiger partial charge < -0.3 is 10.6 Å². The van der Waals surface area contributed by atoms with Gasteiger partial charge >= 0.3 is 0 Å². The minimum atomic E-state index is -3.17. The first kappa shape index (κ1) is 19.8. The second-order valence-corrected chi connectivity index (χ2v) is 9.11. The van der Waals surface area contributed by atoms with Gasteiger partial charge in [0.25, 0.3) is 0 Å².